The van der Waals surface area contributed by atoms with Crippen molar-refractivity contribution in [2.45, 2.75) is 18.9 Å². The minimum absolute atomic E-state index is 0.112. The van der Waals surface area contributed by atoms with Gasteiger partial charge in [-0.2, -0.15) is 0 Å². The summed E-state index contributed by atoms with van der Waals surface area (Å²) in [5.41, 5.74) is 5.85. The summed E-state index contributed by atoms with van der Waals surface area (Å²) in [5, 5.41) is 0. The molecule has 0 atom stereocenters. The van der Waals surface area contributed by atoms with Crippen LogP contribution in [0.4, 0.5) is 4.39 Å². The summed E-state index contributed by atoms with van der Waals surface area (Å²) in [7, 11) is 0. The third kappa shape index (κ3) is 2.47. The first-order valence-corrected chi connectivity index (χ1v) is 6.36. The number of rotatable bonds is 4. The van der Waals surface area contributed by atoms with E-state index in [-0.39, 0.29) is 17.2 Å². The van der Waals surface area contributed by atoms with E-state index in [0.29, 0.717) is 11.4 Å². The zero-order valence-corrected chi connectivity index (χ0v) is 10.7. The minimum atomic E-state index is -0.685. The maximum Gasteiger partial charge on any atom is 0.249 e. The largest absolute Gasteiger partial charge is 0.490 e. The number of ether oxygens (including phenoxy) is 1. The lowest BCUT2D eigenvalue weighted by molar-refractivity contribution is 0.100. The van der Waals surface area contributed by atoms with Crippen LogP contribution >= 0.6 is 0 Å². The van der Waals surface area contributed by atoms with Gasteiger partial charge in [0.1, 0.15) is 11.6 Å². The van der Waals surface area contributed by atoms with Crippen molar-refractivity contribution in [3.05, 3.63) is 47.9 Å². The second-order valence-electron chi connectivity index (χ2n) is 4.72. The lowest BCUT2D eigenvalue weighted by atomic mass is 10.0. The summed E-state index contributed by atoms with van der Waals surface area (Å²) >= 11 is 0. The van der Waals surface area contributed by atoms with E-state index in [0.717, 1.165) is 12.8 Å². The number of carbonyl (C=O) groups is 1. The molecule has 1 saturated carbocycles. The molecule has 20 heavy (non-hydrogen) atoms. The molecular weight excluding hydrogens is 259 g/mol. The Hall–Kier alpha value is -2.43. The molecule has 1 heterocycles. The van der Waals surface area contributed by atoms with Crippen molar-refractivity contribution in [2.24, 2.45) is 5.73 Å². The van der Waals surface area contributed by atoms with Crippen LogP contribution in [0.25, 0.3) is 11.3 Å². The molecule has 2 N–H and O–H groups in total. The fourth-order valence-electron chi connectivity index (χ4n) is 1.99. The van der Waals surface area contributed by atoms with Crippen LogP contribution in [-0.4, -0.2) is 17.0 Å². The van der Waals surface area contributed by atoms with Crippen molar-refractivity contribution in [1.82, 2.24) is 4.98 Å². The van der Waals surface area contributed by atoms with Crippen molar-refractivity contribution < 1.29 is 13.9 Å². The van der Waals surface area contributed by atoms with E-state index < -0.39 is 11.7 Å². The van der Waals surface area contributed by atoms with Crippen LogP contribution in [0.5, 0.6) is 5.75 Å². The number of nitrogens with zero attached hydrogens (tertiary/aromatic N) is 1. The number of halogens is 1. The number of carbonyl (C=O) groups excluding carboxylic acids is 1. The highest BCUT2D eigenvalue weighted by Gasteiger charge is 2.24. The number of benzene rings is 1. The smallest absolute Gasteiger partial charge is 0.249 e. The maximum absolute atomic E-state index is 14.0. The first-order chi connectivity index (χ1) is 9.65. The molecule has 1 aliphatic rings. The van der Waals surface area contributed by atoms with Gasteiger partial charge in [0.05, 0.1) is 17.4 Å². The second-order valence-corrected chi connectivity index (χ2v) is 4.72. The maximum atomic E-state index is 14.0. The number of aromatic nitrogens is 1. The standard InChI is InChI=1S/C15H13FN2O2/c16-12-3-1-2-11(15(17)19)14(12)13-8-10(6-7-18-13)20-9-4-5-9/h1-3,6-9H,4-5H2,(H2,17,19). The van der Waals surface area contributed by atoms with Gasteiger partial charge >= 0.3 is 0 Å². The second kappa shape index (κ2) is 4.92. The molecule has 1 fully saturated rings. The predicted octanol–water partition coefficient (Wildman–Crippen LogP) is 2.53. The van der Waals surface area contributed by atoms with Crippen molar-refractivity contribution in [3.63, 3.8) is 0 Å². The van der Waals surface area contributed by atoms with E-state index in [4.69, 9.17) is 10.5 Å². The van der Waals surface area contributed by atoms with Gasteiger partial charge in [-0.3, -0.25) is 9.78 Å². The quantitative estimate of drug-likeness (QED) is 0.930. The minimum Gasteiger partial charge on any atom is -0.490 e. The fraction of sp³-hybridized carbons (Fsp3) is 0.200. The van der Waals surface area contributed by atoms with Crippen molar-refractivity contribution in [1.29, 1.82) is 0 Å². The topological polar surface area (TPSA) is 65.2 Å². The molecule has 102 valence electrons. The van der Waals surface area contributed by atoms with Crippen LogP contribution < -0.4 is 10.5 Å². The van der Waals surface area contributed by atoms with E-state index in [1.54, 1.807) is 12.1 Å². The van der Waals surface area contributed by atoms with E-state index in [1.165, 1.54) is 24.4 Å². The number of pyridine rings is 1. The third-order valence-corrected chi connectivity index (χ3v) is 3.09. The van der Waals surface area contributed by atoms with Gasteiger partial charge in [0.15, 0.2) is 0 Å². The Labute approximate surface area is 115 Å². The van der Waals surface area contributed by atoms with Crippen molar-refractivity contribution >= 4 is 5.91 Å². The Morgan fingerprint density at radius 1 is 1.35 bits per heavy atom. The van der Waals surface area contributed by atoms with Gasteiger partial charge in [-0.1, -0.05) is 6.07 Å². The van der Waals surface area contributed by atoms with Gasteiger partial charge < -0.3 is 10.5 Å². The third-order valence-electron chi connectivity index (χ3n) is 3.09. The molecule has 5 heteroatoms. The van der Waals surface area contributed by atoms with Gasteiger partial charge in [-0.05, 0) is 31.0 Å². The van der Waals surface area contributed by atoms with E-state index in [9.17, 15) is 9.18 Å². The molecule has 4 nitrogen and oxygen atoms in total. The Balaban J connectivity index is 2.05. The van der Waals surface area contributed by atoms with Gasteiger partial charge in [-0.25, -0.2) is 4.39 Å². The molecule has 1 aromatic carbocycles. The Morgan fingerprint density at radius 2 is 2.15 bits per heavy atom. The average molecular weight is 272 g/mol. The van der Waals surface area contributed by atoms with E-state index >= 15 is 0 Å². The molecule has 0 bridgehead atoms. The molecule has 0 saturated heterocycles. The molecule has 0 unspecified atom stereocenters. The zero-order valence-electron chi connectivity index (χ0n) is 10.7. The highest BCUT2D eigenvalue weighted by molar-refractivity contribution is 5.99. The van der Waals surface area contributed by atoms with E-state index in [1.807, 2.05) is 0 Å². The SMILES string of the molecule is NC(=O)c1cccc(F)c1-c1cc(OC2CC2)ccn1. The molecule has 2 aromatic rings. The fourth-order valence-corrected chi connectivity index (χ4v) is 1.99. The van der Waals surface area contributed by atoms with Crippen LogP contribution in [0.1, 0.15) is 23.2 Å². The molecule has 0 spiro atoms. The summed E-state index contributed by atoms with van der Waals surface area (Å²) < 4.78 is 19.7. The van der Waals surface area contributed by atoms with Gasteiger partial charge in [0, 0.05) is 17.8 Å². The molecule has 1 aromatic heterocycles. The first kappa shape index (κ1) is 12.6. The first-order valence-electron chi connectivity index (χ1n) is 6.36. The number of amides is 1. The highest BCUT2D eigenvalue weighted by atomic mass is 19.1. The van der Waals surface area contributed by atoms with Gasteiger partial charge in [-0.15, -0.1) is 0 Å². The Bertz CT molecular complexity index is 669. The highest BCUT2D eigenvalue weighted by Crippen LogP contribution is 2.31. The van der Waals surface area contributed by atoms with Gasteiger partial charge in [0.2, 0.25) is 5.91 Å². The summed E-state index contributed by atoms with van der Waals surface area (Å²) in [4.78, 5) is 15.5. The van der Waals surface area contributed by atoms with Crippen LogP contribution in [0, 0.1) is 5.82 Å². The number of primary amides is 1. The summed E-state index contributed by atoms with van der Waals surface area (Å²) in [5.74, 6) is -0.594. The Morgan fingerprint density at radius 3 is 2.85 bits per heavy atom. The van der Waals surface area contributed by atoms with E-state index in [2.05, 4.69) is 4.98 Å². The Kier molecular flexibility index (Phi) is 3.10. The van der Waals surface area contributed by atoms with Crippen molar-refractivity contribution in [2.75, 3.05) is 0 Å². The summed E-state index contributed by atoms with van der Waals surface area (Å²) in [6, 6.07) is 7.55. The molecule has 0 radical (unpaired) electrons. The number of nitrogens with two attached hydrogens (primary N) is 1. The summed E-state index contributed by atoms with van der Waals surface area (Å²) in [6.07, 6.45) is 3.83. The number of hydrogen-bond donors (Lipinski definition) is 1. The van der Waals surface area contributed by atoms with Crippen LogP contribution in [0.15, 0.2) is 36.5 Å². The zero-order chi connectivity index (χ0) is 14.1. The molecule has 1 aliphatic carbocycles. The molecular formula is C15H13FN2O2. The lowest BCUT2D eigenvalue weighted by Gasteiger charge is -2.09. The summed E-state index contributed by atoms with van der Waals surface area (Å²) in [6.45, 7) is 0. The van der Waals surface area contributed by atoms with Gasteiger partial charge in [0.25, 0.3) is 0 Å². The van der Waals surface area contributed by atoms with Crippen LogP contribution in [0.3, 0.4) is 0 Å². The molecule has 3 rings (SSSR count). The molecule has 0 aliphatic heterocycles. The van der Waals surface area contributed by atoms with Crippen LogP contribution in [0.2, 0.25) is 0 Å². The number of hydrogen-bond acceptors (Lipinski definition) is 3. The lowest BCUT2D eigenvalue weighted by Crippen LogP contribution is -2.13. The van der Waals surface area contributed by atoms with Crippen molar-refractivity contribution in [3.8, 4) is 17.0 Å². The normalized spacial score (nSPS) is 14.1. The van der Waals surface area contributed by atoms with Crippen LogP contribution in [-0.2, 0) is 0 Å². The molecule has 1 amide bonds. The average Bonchev–Trinajstić information content (AvgIpc) is 3.22. The predicted molar refractivity (Wildman–Crippen MR) is 71.8 cm³/mol. The monoisotopic (exact) mass is 272 g/mol.